The standard InChI is InChI=1S/C24H28FN5O5/c1-13(2)23(33)29-12-18(15-5-7-16(25)8-6-15)30(11-14(29)3)24(34)21(32)27-19-10-9-17(20(26)31)22(28-19)35-4/h5-10,13-14,18H,11-12H2,1-4H3,(H2,26,31)(H,27,28,32). The quantitative estimate of drug-likeness (QED) is 0.620. The first-order chi connectivity index (χ1) is 16.5. The molecular formula is C24H28FN5O5. The highest BCUT2D eigenvalue weighted by Crippen LogP contribution is 2.30. The van der Waals surface area contributed by atoms with Crippen molar-refractivity contribution in [2.45, 2.75) is 32.9 Å². The van der Waals surface area contributed by atoms with Crippen LogP contribution in [-0.2, 0) is 14.4 Å². The number of anilines is 1. The number of amides is 4. The van der Waals surface area contributed by atoms with Crippen molar-refractivity contribution >= 4 is 29.4 Å². The summed E-state index contributed by atoms with van der Waals surface area (Å²) in [7, 11) is 1.29. The van der Waals surface area contributed by atoms with Crippen LogP contribution in [0.15, 0.2) is 36.4 Å². The van der Waals surface area contributed by atoms with Gasteiger partial charge in [0.25, 0.3) is 5.91 Å². The van der Waals surface area contributed by atoms with E-state index >= 15 is 0 Å². The number of hydrogen-bond acceptors (Lipinski definition) is 6. The Labute approximate surface area is 202 Å². The zero-order valence-corrected chi connectivity index (χ0v) is 19.9. The Morgan fingerprint density at radius 1 is 1.09 bits per heavy atom. The van der Waals surface area contributed by atoms with Crippen molar-refractivity contribution in [3.8, 4) is 5.88 Å². The summed E-state index contributed by atoms with van der Waals surface area (Å²) in [6.07, 6.45) is 0. The first-order valence-corrected chi connectivity index (χ1v) is 11.1. The molecule has 186 valence electrons. The maximum atomic E-state index is 13.5. The van der Waals surface area contributed by atoms with E-state index in [1.165, 1.54) is 48.4 Å². The van der Waals surface area contributed by atoms with Crippen LogP contribution in [0.1, 0.15) is 42.7 Å². The molecule has 10 nitrogen and oxygen atoms in total. The zero-order valence-electron chi connectivity index (χ0n) is 19.9. The fraction of sp³-hybridized carbons (Fsp3) is 0.375. The number of rotatable bonds is 5. The van der Waals surface area contributed by atoms with Gasteiger partial charge in [-0.05, 0) is 36.8 Å². The van der Waals surface area contributed by atoms with Gasteiger partial charge in [-0.2, -0.15) is 4.98 Å². The summed E-state index contributed by atoms with van der Waals surface area (Å²) >= 11 is 0. The molecule has 1 fully saturated rings. The summed E-state index contributed by atoms with van der Waals surface area (Å²) in [6.45, 7) is 5.63. The number of piperazine rings is 1. The molecule has 2 unspecified atom stereocenters. The normalized spacial score (nSPS) is 17.8. The van der Waals surface area contributed by atoms with E-state index in [2.05, 4.69) is 10.3 Å². The van der Waals surface area contributed by atoms with Crippen molar-refractivity contribution < 1.29 is 28.3 Å². The molecule has 11 heteroatoms. The summed E-state index contributed by atoms with van der Waals surface area (Å²) in [6, 6.07) is 7.24. The Bertz CT molecular complexity index is 1140. The highest BCUT2D eigenvalue weighted by molar-refractivity contribution is 6.39. The van der Waals surface area contributed by atoms with Gasteiger partial charge in [0.05, 0.1) is 13.2 Å². The molecule has 0 radical (unpaired) electrons. The lowest BCUT2D eigenvalue weighted by atomic mass is 9.98. The lowest BCUT2D eigenvalue weighted by Gasteiger charge is -2.45. The Balaban J connectivity index is 1.87. The molecular weight excluding hydrogens is 457 g/mol. The maximum absolute atomic E-state index is 13.5. The Morgan fingerprint density at radius 3 is 2.31 bits per heavy atom. The van der Waals surface area contributed by atoms with Crippen molar-refractivity contribution in [3.05, 3.63) is 53.3 Å². The van der Waals surface area contributed by atoms with Crippen LogP contribution in [0.25, 0.3) is 0 Å². The number of hydrogen-bond donors (Lipinski definition) is 2. The third-order valence-electron chi connectivity index (χ3n) is 5.79. The van der Waals surface area contributed by atoms with Gasteiger partial charge in [-0.3, -0.25) is 19.2 Å². The molecule has 0 saturated carbocycles. The van der Waals surface area contributed by atoms with E-state index in [-0.39, 0.29) is 48.2 Å². The van der Waals surface area contributed by atoms with Gasteiger partial charge in [-0.1, -0.05) is 26.0 Å². The number of benzene rings is 1. The van der Waals surface area contributed by atoms with Crippen LogP contribution >= 0.6 is 0 Å². The summed E-state index contributed by atoms with van der Waals surface area (Å²) in [4.78, 5) is 57.4. The number of aromatic nitrogens is 1. The highest BCUT2D eigenvalue weighted by Gasteiger charge is 2.40. The van der Waals surface area contributed by atoms with Crippen LogP contribution in [0.4, 0.5) is 10.2 Å². The van der Waals surface area contributed by atoms with E-state index in [0.717, 1.165) is 0 Å². The van der Waals surface area contributed by atoms with E-state index in [9.17, 15) is 23.6 Å². The number of carbonyl (C=O) groups excluding carboxylic acids is 4. The molecule has 0 spiro atoms. The van der Waals surface area contributed by atoms with Crippen LogP contribution in [0, 0.1) is 11.7 Å². The fourth-order valence-electron chi connectivity index (χ4n) is 3.96. The van der Waals surface area contributed by atoms with Crippen LogP contribution in [-0.4, -0.2) is 64.7 Å². The van der Waals surface area contributed by atoms with Gasteiger partial charge in [0, 0.05) is 25.0 Å². The molecule has 35 heavy (non-hydrogen) atoms. The second-order valence-electron chi connectivity index (χ2n) is 8.59. The third kappa shape index (κ3) is 5.56. The molecule has 0 bridgehead atoms. The van der Waals surface area contributed by atoms with Crippen molar-refractivity contribution in [2.24, 2.45) is 11.7 Å². The fourth-order valence-corrected chi connectivity index (χ4v) is 3.96. The molecule has 3 rings (SSSR count). The lowest BCUT2D eigenvalue weighted by Crippen LogP contribution is -2.59. The van der Waals surface area contributed by atoms with Gasteiger partial charge >= 0.3 is 11.8 Å². The number of nitrogens with two attached hydrogens (primary N) is 1. The number of halogens is 1. The summed E-state index contributed by atoms with van der Waals surface area (Å²) in [5.74, 6) is -3.44. The molecule has 3 N–H and O–H groups in total. The third-order valence-corrected chi connectivity index (χ3v) is 5.79. The van der Waals surface area contributed by atoms with Crippen LogP contribution in [0.2, 0.25) is 0 Å². The molecule has 2 aromatic rings. The minimum atomic E-state index is -0.964. The highest BCUT2D eigenvalue weighted by atomic mass is 19.1. The Morgan fingerprint density at radius 2 is 1.74 bits per heavy atom. The van der Waals surface area contributed by atoms with Gasteiger partial charge in [0.2, 0.25) is 11.8 Å². The molecule has 4 amide bonds. The molecule has 2 heterocycles. The van der Waals surface area contributed by atoms with Gasteiger partial charge < -0.3 is 25.6 Å². The van der Waals surface area contributed by atoms with E-state index < -0.39 is 29.6 Å². The second kappa shape index (κ2) is 10.5. The van der Waals surface area contributed by atoms with Crippen LogP contribution < -0.4 is 15.8 Å². The van der Waals surface area contributed by atoms with Gasteiger partial charge in [0.1, 0.15) is 17.2 Å². The Kier molecular flexibility index (Phi) is 7.68. The van der Waals surface area contributed by atoms with Crippen molar-refractivity contribution in [3.63, 3.8) is 0 Å². The first-order valence-electron chi connectivity index (χ1n) is 11.1. The molecule has 1 aliphatic rings. The lowest BCUT2D eigenvalue weighted by molar-refractivity contribution is -0.152. The average Bonchev–Trinajstić information content (AvgIpc) is 2.83. The number of primary amides is 1. The summed E-state index contributed by atoms with van der Waals surface area (Å²) in [5, 5.41) is 2.41. The van der Waals surface area contributed by atoms with E-state index in [1.54, 1.807) is 25.7 Å². The monoisotopic (exact) mass is 485 g/mol. The van der Waals surface area contributed by atoms with Crippen molar-refractivity contribution in [2.75, 3.05) is 25.5 Å². The summed E-state index contributed by atoms with van der Waals surface area (Å²) in [5.41, 5.74) is 5.88. The number of pyridine rings is 1. The largest absolute Gasteiger partial charge is 0.480 e. The summed E-state index contributed by atoms with van der Waals surface area (Å²) < 4.78 is 18.6. The predicted octanol–water partition coefficient (Wildman–Crippen LogP) is 1.72. The van der Waals surface area contributed by atoms with Crippen molar-refractivity contribution in [1.29, 1.82) is 0 Å². The van der Waals surface area contributed by atoms with Gasteiger partial charge in [-0.15, -0.1) is 0 Å². The minimum Gasteiger partial charge on any atom is -0.480 e. The second-order valence-corrected chi connectivity index (χ2v) is 8.59. The topological polar surface area (TPSA) is 135 Å². The average molecular weight is 486 g/mol. The van der Waals surface area contributed by atoms with Gasteiger partial charge in [-0.25, -0.2) is 4.39 Å². The predicted molar refractivity (Wildman–Crippen MR) is 125 cm³/mol. The number of nitrogens with one attached hydrogen (secondary N) is 1. The van der Waals surface area contributed by atoms with E-state index in [4.69, 9.17) is 10.5 Å². The smallest absolute Gasteiger partial charge is 0.315 e. The SMILES string of the molecule is COc1nc(NC(=O)C(=O)N2CC(C)N(C(=O)C(C)C)CC2c2ccc(F)cc2)ccc1C(N)=O. The molecule has 1 aliphatic heterocycles. The number of nitrogens with zero attached hydrogens (tertiary/aromatic N) is 3. The molecule has 0 aliphatic carbocycles. The van der Waals surface area contributed by atoms with Crippen LogP contribution in [0.5, 0.6) is 5.88 Å². The zero-order chi connectivity index (χ0) is 25.9. The first kappa shape index (κ1) is 25.6. The number of carbonyl (C=O) groups is 4. The molecule has 1 aromatic heterocycles. The van der Waals surface area contributed by atoms with Crippen LogP contribution in [0.3, 0.4) is 0 Å². The van der Waals surface area contributed by atoms with E-state index in [1.807, 2.05) is 0 Å². The van der Waals surface area contributed by atoms with E-state index in [0.29, 0.717) is 5.56 Å². The maximum Gasteiger partial charge on any atom is 0.315 e. The number of ether oxygens (including phenoxy) is 1. The Hall–Kier alpha value is -4.02. The molecule has 1 saturated heterocycles. The van der Waals surface area contributed by atoms with Gasteiger partial charge in [0.15, 0.2) is 0 Å². The molecule has 2 atom stereocenters. The van der Waals surface area contributed by atoms with Crippen molar-refractivity contribution in [1.82, 2.24) is 14.8 Å². The minimum absolute atomic E-state index is 0.00907. The number of methoxy groups -OCH3 is 1. The molecule has 1 aromatic carbocycles.